The van der Waals surface area contributed by atoms with E-state index in [1.165, 1.54) is 0 Å². The van der Waals surface area contributed by atoms with Crippen molar-refractivity contribution in [2.45, 2.75) is 77.5 Å². The van der Waals surface area contributed by atoms with E-state index in [1.54, 1.807) is 24.3 Å². The maximum atomic E-state index is 13.3. The van der Waals surface area contributed by atoms with Crippen molar-refractivity contribution in [3.8, 4) is 0 Å². The average Bonchev–Trinajstić information content (AvgIpc) is 2.88. The van der Waals surface area contributed by atoms with Crippen molar-refractivity contribution in [2.75, 3.05) is 0 Å². The Morgan fingerprint density at radius 3 is 1.44 bits per heavy atom. The molecule has 0 saturated heterocycles. The highest BCUT2D eigenvalue weighted by Crippen LogP contribution is 2.11. The molecule has 4 atom stereocenters. The SMILES string of the molecule is CC(C)CC(NC(=O)C(N)Cc1ccccc1)C(=O)NC(CC(C)C)C(=O)NC(Cc1ccccc1)C(=O)O. The number of nitrogens with one attached hydrogen (secondary N) is 3. The Kier molecular flexibility index (Phi) is 12.6. The Morgan fingerprint density at radius 2 is 1.03 bits per heavy atom. The quantitative estimate of drug-likeness (QED) is 0.235. The van der Waals surface area contributed by atoms with Gasteiger partial charge in [-0.3, -0.25) is 14.4 Å². The van der Waals surface area contributed by atoms with Crippen molar-refractivity contribution < 1.29 is 24.3 Å². The molecule has 6 N–H and O–H groups in total. The van der Waals surface area contributed by atoms with Crippen molar-refractivity contribution in [3.63, 3.8) is 0 Å². The highest BCUT2D eigenvalue weighted by Gasteiger charge is 2.31. The zero-order valence-corrected chi connectivity index (χ0v) is 23.2. The number of carbonyl (C=O) groups is 4. The molecule has 0 heterocycles. The van der Waals surface area contributed by atoms with Gasteiger partial charge >= 0.3 is 5.97 Å². The Bertz CT molecular complexity index is 1080. The minimum atomic E-state index is -1.17. The number of benzene rings is 2. The van der Waals surface area contributed by atoms with Crippen LogP contribution in [0.25, 0.3) is 0 Å². The van der Waals surface area contributed by atoms with Crippen LogP contribution in [0.15, 0.2) is 60.7 Å². The molecule has 2 aromatic rings. The average molecular weight is 539 g/mol. The smallest absolute Gasteiger partial charge is 0.326 e. The molecule has 0 bridgehead atoms. The van der Waals surface area contributed by atoms with Crippen LogP contribution in [0.4, 0.5) is 0 Å². The molecule has 0 aliphatic rings. The molecule has 4 unspecified atom stereocenters. The first-order valence-electron chi connectivity index (χ1n) is 13.4. The fourth-order valence-corrected chi connectivity index (χ4v) is 4.24. The van der Waals surface area contributed by atoms with Gasteiger partial charge in [-0.25, -0.2) is 4.79 Å². The summed E-state index contributed by atoms with van der Waals surface area (Å²) < 4.78 is 0. The van der Waals surface area contributed by atoms with Gasteiger partial charge in [0.1, 0.15) is 18.1 Å². The lowest BCUT2D eigenvalue weighted by Crippen LogP contribution is -2.57. The summed E-state index contributed by atoms with van der Waals surface area (Å²) in [6, 6.07) is 14.5. The van der Waals surface area contributed by atoms with E-state index in [1.807, 2.05) is 64.1 Å². The second-order valence-corrected chi connectivity index (χ2v) is 10.8. The summed E-state index contributed by atoms with van der Waals surface area (Å²) in [4.78, 5) is 51.3. The van der Waals surface area contributed by atoms with Crippen LogP contribution in [-0.2, 0) is 32.0 Å². The molecule has 0 spiro atoms. The topological polar surface area (TPSA) is 151 Å². The number of aliphatic carboxylic acids is 1. The van der Waals surface area contributed by atoms with Crippen molar-refractivity contribution in [2.24, 2.45) is 17.6 Å². The van der Waals surface area contributed by atoms with Gasteiger partial charge in [-0.15, -0.1) is 0 Å². The van der Waals surface area contributed by atoms with Gasteiger partial charge in [-0.1, -0.05) is 88.4 Å². The van der Waals surface area contributed by atoms with E-state index in [0.717, 1.165) is 11.1 Å². The summed E-state index contributed by atoms with van der Waals surface area (Å²) in [6.07, 6.45) is 1.07. The van der Waals surface area contributed by atoms with E-state index in [-0.39, 0.29) is 18.3 Å². The van der Waals surface area contributed by atoms with Gasteiger partial charge in [0.05, 0.1) is 6.04 Å². The number of carbonyl (C=O) groups excluding carboxylic acids is 3. The van der Waals surface area contributed by atoms with Crippen LogP contribution in [0.1, 0.15) is 51.7 Å². The largest absolute Gasteiger partial charge is 0.480 e. The van der Waals surface area contributed by atoms with Crippen molar-refractivity contribution >= 4 is 23.7 Å². The molecule has 9 nitrogen and oxygen atoms in total. The number of carboxylic acids is 1. The normalized spacial score (nSPS) is 14.2. The van der Waals surface area contributed by atoms with Gasteiger partial charge < -0.3 is 26.8 Å². The third kappa shape index (κ3) is 11.3. The lowest BCUT2D eigenvalue weighted by molar-refractivity contribution is -0.142. The second kappa shape index (κ2) is 15.6. The van der Waals surface area contributed by atoms with E-state index in [9.17, 15) is 24.3 Å². The number of hydrogen-bond donors (Lipinski definition) is 5. The Balaban J connectivity index is 2.12. The molecule has 212 valence electrons. The molecule has 0 radical (unpaired) electrons. The Morgan fingerprint density at radius 1 is 0.641 bits per heavy atom. The highest BCUT2D eigenvalue weighted by molar-refractivity contribution is 5.94. The van der Waals surface area contributed by atoms with E-state index < -0.39 is 47.9 Å². The highest BCUT2D eigenvalue weighted by atomic mass is 16.4. The van der Waals surface area contributed by atoms with Gasteiger partial charge in [-0.2, -0.15) is 0 Å². The van der Waals surface area contributed by atoms with Crippen LogP contribution in [0, 0.1) is 11.8 Å². The lowest BCUT2D eigenvalue weighted by Gasteiger charge is -2.27. The minimum Gasteiger partial charge on any atom is -0.480 e. The number of rotatable bonds is 15. The molecule has 0 aliphatic heterocycles. The van der Waals surface area contributed by atoms with Gasteiger partial charge in [0.2, 0.25) is 17.7 Å². The maximum Gasteiger partial charge on any atom is 0.326 e. The van der Waals surface area contributed by atoms with E-state index in [4.69, 9.17) is 5.73 Å². The molecule has 0 aliphatic carbocycles. The molecule has 9 heteroatoms. The summed E-state index contributed by atoms with van der Waals surface area (Å²) in [6.45, 7) is 7.66. The maximum absolute atomic E-state index is 13.3. The zero-order valence-electron chi connectivity index (χ0n) is 23.2. The predicted octanol–water partition coefficient (Wildman–Crippen LogP) is 2.43. The van der Waals surface area contributed by atoms with Crippen LogP contribution < -0.4 is 21.7 Å². The van der Waals surface area contributed by atoms with Crippen LogP contribution in [0.2, 0.25) is 0 Å². The van der Waals surface area contributed by atoms with Crippen molar-refractivity contribution in [1.29, 1.82) is 0 Å². The first-order valence-corrected chi connectivity index (χ1v) is 13.4. The zero-order chi connectivity index (χ0) is 28.9. The molecule has 2 rings (SSSR count). The molecule has 0 aromatic heterocycles. The van der Waals surface area contributed by atoms with E-state index in [0.29, 0.717) is 19.3 Å². The minimum absolute atomic E-state index is 0.0379. The van der Waals surface area contributed by atoms with Gasteiger partial charge in [0, 0.05) is 6.42 Å². The molecule has 39 heavy (non-hydrogen) atoms. The molecule has 2 aromatic carbocycles. The second-order valence-electron chi connectivity index (χ2n) is 10.8. The fraction of sp³-hybridized carbons (Fsp3) is 0.467. The third-order valence-electron chi connectivity index (χ3n) is 6.21. The molecular weight excluding hydrogens is 496 g/mol. The predicted molar refractivity (Wildman–Crippen MR) is 151 cm³/mol. The van der Waals surface area contributed by atoms with Gasteiger partial charge in [0.25, 0.3) is 0 Å². The Labute approximate surface area is 230 Å². The monoisotopic (exact) mass is 538 g/mol. The summed E-state index contributed by atoms with van der Waals surface area (Å²) in [7, 11) is 0. The molecular formula is C30H42N4O5. The van der Waals surface area contributed by atoms with Crippen molar-refractivity contribution in [3.05, 3.63) is 71.8 Å². The Hall–Kier alpha value is -3.72. The molecule has 0 saturated carbocycles. The number of carboxylic acid groups (broad SMARTS) is 1. The number of hydrogen-bond acceptors (Lipinski definition) is 5. The summed E-state index contributed by atoms with van der Waals surface area (Å²) in [5.41, 5.74) is 7.80. The van der Waals surface area contributed by atoms with Gasteiger partial charge in [0.15, 0.2) is 0 Å². The first kappa shape index (κ1) is 31.5. The van der Waals surface area contributed by atoms with Crippen molar-refractivity contribution in [1.82, 2.24) is 16.0 Å². The number of amides is 3. The summed E-state index contributed by atoms with van der Waals surface area (Å²) in [5.74, 6) is -2.62. The molecule has 3 amide bonds. The van der Waals surface area contributed by atoms with Crippen LogP contribution in [0.3, 0.4) is 0 Å². The standard InChI is InChI=1S/C30H42N4O5/c1-19(2)15-24(32-27(35)23(31)17-21-11-7-5-8-12-21)28(36)33-25(16-20(3)4)29(37)34-26(30(38)39)18-22-13-9-6-10-14-22/h5-14,19-20,23-26H,15-18,31H2,1-4H3,(H,32,35)(H,33,36)(H,34,37)(H,38,39). The van der Waals surface area contributed by atoms with E-state index >= 15 is 0 Å². The number of nitrogens with two attached hydrogens (primary N) is 1. The van der Waals surface area contributed by atoms with Crippen LogP contribution in [-0.4, -0.2) is 53.0 Å². The summed E-state index contributed by atoms with van der Waals surface area (Å²) in [5, 5.41) is 17.8. The van der Waals surface area contributed by atoms with Crippen LogP contribution >= 0.6 is 0 Å². The summed E-state index contributed by atoms with van der Waals surface area (Å²) >= 11 is 0. The third-order valence-corrected chi connectivity index (χ3v) is 6.21. The van der Waals surface area contributed by atoms with Crippen LogP contribution in [0.5, 0.6) is 0 Å². The molecule has 0 fully saturated rings. The fourth-order valence-electron chi connectivity index (χ4n) is 4.24. The first-order chi connectivity index (χ1) is 18.5. The lowest BCUT2D eigenvalue weighted by atomic mass is 9.99. The van der Waals surface area contributed by atoms with E-state index in [2.05, 4.69) is 16.0 Å². The van der Waals surface area contributed by atoms with Gasteiger partial charge in [-0.05, 0) is 42.2 Å².